The Hall–Kier alpha value is -2.61. The van der Waals surface area contributed by atoms with E-state index in [0.717, 1.165) is 36.1 Å². The highest BCUT2D eigenvalue weighted by atomic mass is 16.5. The average Bonchev–Trinajstić information content (AvgIpc) is 3.05. The number of pyridine rings is 1. The Kier molecular flexibility index (Phi) is 5.49. The maximum Gasteiger partial charge on any atom is 0.315 e. The van der Waals surface area contributed by atoms with Crippen LogP contribution in [0, 0.1) is 0 Å². The van der Waals surface area contributed by atoms with Gasteiger partial charge in [-0.1, -0.05) is 6.07 Å². The first-order valence-corrected chi connectivity index (χ1v) is 8.40. The van der Waals surface area contributed by atoms with Gasteiger partial charge in [-0.3, -0.25) is 4.68 Å². The second kappa shape index (κ2) is 7.98. The van der Waals surface area contributed by atoms with Gasteiger partial charge in [0.05, 0.1) is 32.5 Å². The van der Waals surface area contributed by atoms with E-state index in [1.807, 2.05) is 10.7 Å². The summed E-state index contributed by atoms with van der Waals surface area (Å²) in [4.78, 5) is 16.4. The summed E-state index contributed by atoms with van der Waals surface area (Å²) in [6, 6.07) is 3.37. The lowest BCUT2D eigenvalue weighted by Gasteiger charge is -2.24. The van der Waals surface area contributed by atoms with Crippen molar-refractivity contribution >= 4 is 6.03 Å². The molecule has 1 atom stereocenters. The van der Waals surface area contributed by atoms with E-state index in [9.17, 15) is 4.79 Å². The number of rotatable bonds is 6. The molecule has 2 amide bonds. The van der Waals surface area contributed by atoms with Crippen LogP contribution in [0.1, 0.15) is 35.7 Å². The number of nitrogens with one attached hydrogen (secondary N) is 2. The summed E-state index contributed by atoms with van der Waals surface area (Å²) in [6.07, 6.45) is 6.21. The van der Waals surface area contributed by atoms with Crippen LogP contribution in [-0.2, 0) is 19.5 Å². The number of aromatic nitrogens is 3. The fourth-order valence-corrected chi connectivity index (χ4v) is 3.18. The molecule has 2 heterocycles. The molecule has 0 saturated heterocycles. The lowest BCUT2D eigenvalue weighted by molar-refractivity contribution is 0.234. The zero-order valence-electron chi connectivity index (χ0n) is 14.2. The number of amides is 2. The predicted octanol–water partition coefficient (Wildman–Crippen LogP) is 1.16. The van der Waals surface area contributed by atoms with Crippen molar-refractivity contribution in [2.24, 2.45) is 0 Å². The highest BCUT2D eigenvalue weighted by Crippen LogP contribution is 2.29. The van der Waals surface area contributed by atoms with Crippen LogP contribution in [0.2, 0.25) is 0 Å². The number of hydrogen-bond acceptors (Lipinski definition) is 5. The number of hydrogen-bond donors (Lipinski definition) is 3. The SMILES string of the molecule is COc1ncccc1CNC(=O)N[C@@H]1CCCc2c1cnn2CCO. The smallest absolute Gasteiger partial charge is 0.315 e. The van der Waals surface area contributed by atoms with Gasteiger partial charge in [0.15, 0.2) is 0 Å². The average molecular weight is 345 g/mol. The van der Waals surface area contributed by atoms with Crippen LogP contribution in [0.4, 0.5) is 4.79 Å². The quantitative estimate of drug-likeness (QED) is 0.729. The molecule has 1 aliphatic carbocycles. The number of carbonyl (C=O) groups is 1. The van der Waals surface area contributed by atoms with E-state index in [0.29, 0.717) is 19.0 Å². The van der Waals surface area contributed by atoms with Gasteiger partial charge in [-0.05, 0) is 25.3 Å². The Balaban J connectivity index is 1.61. The van der Waals surface area contributed by atoms with Crippen molar-refractivity contribution in [3.63, 3.8) is 0 Å². The molecule has 0 fully saturated rings. The van der Waals surface area contributed by atoms with Gasteiger partial charge < -0.3 is 20.5 Å². The molecule has 3 rings (SSSR count). The molecule has 0 unspecified atom stereocenters. The van der Waals surface area contributed by atoms with E-state index in [2.05, 4.69) is 20.7 Å². The maximum atomic E-state index is 12.3. The molecule has 0 aromatic carbocycles. The molecular formula is C17H23N5O3. The standard InChI is InChI=1S/C17H23N5O3/c1-25-16-12(4-3-7-18-16)10-19-17(24)21-14-5-2-6-15-13(14)11-20-22(15)8-9-23/h3-4,7,11,14,23H,2,5-6,8-10H2,1H3,(H2,19,21,24)/t14-/m1/s1. The maximum absolute atomic E-state index is 12.3. The number of nitrogens with zero attached hydrogens (tertiary/aromatic N) is 3. The van der Waals surface area contributed by atoms with Crippen LogP contribution in [0.15, 0.2) is 24.5 Å². The summed E-state index contributed by atoms with van der Waals surface area (Å²) >= 11 is 0. The Labute approximate surface area is 146 Å². The minimum absolute atomic E-state index is 0.0552. The monoisotopic (exact) mass is 345 g/mol. The number of aliphatic hydroxyl groups is 1. The van der Waals surface area contributed by atoms with Crippen molar-refractivity contribution in [2.45, 2.75) is 38.4 Å². The number of ether oxygens (including phenoxy) is 1. The molecule has 0 aliphatic heterocycles. The van der Waals surface area contributed by atoms with Gasteiger partial charge in [-0.25, -0.2) is 9.78 Å². The largest absolute Gasteiger partial charge is 0.481 e. The van der Waals surface area contributed by atoms with E-state index in [1.54, 1.807) is 25.6 Å². The minimum Gasteiger partial charge on any atom is -0.481 e. The summed E-state index contributed by atoms with van der Waals surface area (Å²) in [5.74, 6) is 0.507. The molecule has 1 aliphatic rings. The molecule has 2 aromatic rings. The van der Waals surface area contributed by atoms with Gasteiger partial charge in [0, 0.05) is 29.6 Å². The van der Waals surface area contributed by atoms with E-state index < -0.39 is 0 Å². The minimum atomic E-state index is -0.237. The first-order chi connectivity index (χ1) is 12.2. The number of urea groups is 1. The third-order valence-corrected chi connectivity index (χ3v) is 4.36. The Morgan fingerprint density at radius 2 is 2.40 bits per heavy atom. The molecule has 134 valence electrons. The van der Waals surface area contributed by atoms with Crippen molar-refractivity contribution in [1.29, 1.82) is 0 Å². The van der Waals surface area contributed by atoms with Crippen molar-refractivity contribution in [2.75, 3.05) is 13.7 Å². The number of fused-ring (bicyclic) bond motifs is 1. The molecule has 2 aromatic heterocycles. The van der Waals surface area contributed by atoms with Crippen LogP contribution in [0.3, 0.4) is 0 Å². The Morgan fingerprint density at radius 3 is 3.20 bits per heavy atom. The number of carbonyl (C=O) groups excluding carboxylic acids is 1. The lowest BCUT2D eigenvalue weighted by atomic mass is 9.93. The third kappa shape index (κ3) is 3.90. The fourth-order valence-electron chi connectivity index (χ4n) is 3.18. The first kappa shape index (κ1) is 17.2. The van der Waals surface area contributed by atoms with E-state index in [1.165, 1.54) is 0 Å². The van der Waals surface area contributed by atoms with Crippen molar-refractivity contribution in [1.82, 2.24) is 25.4 Å². The summed E-state index contributed by atoms with van der Waals surface area (Å²) < 4.78 is 7.01. The second-order valence-electron chi connectivity index (χ2n) is 5.94. The molecular weight excluding hydrogens is 322 g/mol. The first-order valence-electron chi connectivity index (χ1n) is 8.40. The zero-order chi connectivity index (χ0) is 17.6. The molecule has 3 N–H and O–H groups in total. The fraction of sp³-hybridized carbons (Fsp3) is 0.471. The molecule has 0 bridgehead atoms. The van der Waals surface area contributed by atoms with Gasteiger partial charge in [0.25, 0.3) is 0 Å². The van der Waals surface area contributed by atoms with Gasteiger partial charge in [0.2, 0.25) is 5.88 Å². The van der Waals surface area contributed by atoms with Crippen molar-refractivity contribution < 1.29 is 14.6 Å². The summed E-state index contributed by atoms with van der Waals surface area (Å²) in [5.41, 5.74) is 2.95. The van der Waals surface area contributed by atoms with Crippen LogP contribution in [0.5, 0.6) is 5.88 Å². The van der Waals surface area contributed by atoms with Gasteiger partial charge in [0.1, 0.15) is 0 Å². The van der Waals surface area contributed by atoms with E-state index >= 15 is 0 Å². The number of methoxy groups -OCH3 is 1. The summed E-state index contributed by atoms with van der Waals surface area (Å²) in [7, 11) is 1.56. The van der Waals surface area contributed by atoms with Crippen LogP contribution < -0.4 is 15.4 Å². The van der Waals surface area contributed by atoms with Crippen LogP contribution >= 0.6 is 0 Å². The van der Waals surface area contributed by atoms with Gasteiger partial charge >= 0.3 is 6.03 Å². The predicted molar refractivity (Wildman–Crippen MR) is 91.2 cm³/mol. The summed E-state index contributed by atoms with van der Waals surface area (Å²) in [6.45, 7) is 0.876. The molecule has 8 nitrogen and oxygen atoms in total. The topological polar surface area (TPSA) is 101 Å². The second-order valence-corrected chi connectivity index (χ2v) is 5.94. The van der Waals surface area contributed by atoms with Crippen LogP contribution in [-0.4, -0.2) is 39.6 Å². The zero-order valence-corrected chi connectivity index (χ0v) is 14.2. The van der Waals surface area contributed by atoms with E-state index in [4.69, 9.17) is 9.84 Å². The lowest BCUT2D eigenvalue weighted by Crippen LogP contribution is -2.38. The third-order valence-electron chi connectivity index (χ3n) is 4.36. The molecule has 0 spiro atoms. The molecule has 8 heteroatoms. The van der Waals surface area contributed by atoms with E-state index in [-0.39, 0.29) is 18.7 Å². The number of aliphatic hydroxyl groups excluding tert-OH is 1. The van der Waals surface area contributed by atoms with Crippen molar-refractivity contribution in [3.05, 3.63) is 41.3 Å². The van der Waals surface area contributed by atoms with Crippen LogP contribution in [0.25, 0.3) is 0 Å². The molecule has 25 heavy (non-hydrogen) atoms. The summed E-state index contributed by atoms with van der Waals surface area (Å²) in [5, 5.41) is 19.3. The van der Waals surface area contributed by atoms with Gasteiger partial charge in [-0.15, -0.1) is 0 Å². The molecule has 0 saturated carbocycles. The Morgan fingerprint density at radius 1 is 1.52 bits per heavy atom. The molecule has 0 radical (unpaired) electrons. The Bertz CT molecular complexity index is 731. The highest BCUT2D eigenvalue weighted by molar-refractivity contribution is 5.74. The van der Waals surface area contributed by atoms with Gasteiger partial charge in [-0.2, -0.15) is 5.10 Å². The van der Waals surface area contributed by atoms with Crippen molar-refractivity contribution in [3.8, 4) is 5.88 Å². The highest BCUT2D eigenvalue weighted by Gasteiger charge is 2.25. The normalized spacial score (nSPS) is 16.2.